The highest BCUT2D eigenvalue weighted by atomic mass is 19.1. The molecule has 1 aliphatic carbocycles. The van der Waals surface area contributed by atoms with Gasteiger partial charge in [0, 0.05) is 11.8 Å². The Hall–Kier alpha value is -1.00. The third-order valence-corrected chi connectivity index (χ3v) is 4.45. The fourth-order valence-corrected chi connectivity index (χ4v) is 3.35. The Morgan fingerprint density at radius 2 is 2.21 bits per heavy atom. The van der Waals surface area contributed by atoms with Crippen LogP contribution in [-0.2, 0) is 0 Å². The standard InChI is InChI=1S/C15H23FN2O/c1-11-5-4-6-15(8-11,18(2)3)14(19)12-7-13(16)10-17-9-12/h7,9-11,14,19H,4-6,8H2,1-3H3. The van der Waals surface area contributed by atoms with Gasteiger partial charge in [0.25, 0.3) is 0 Å². The van der Waals surface area contributed by atoms with Crippen molar-refractivity contribution in [3.05, 3.63) is 29.8 Å². The maximum atomic E-state index is 13.3. The Morgan fingerprint density at radius 1 is 1.47 bits per heavy atom. The van der Waals surface area contributed by atoms with Gasteiger partial charge in [0.1, 0.15) is 5.82 Å². The maximum Gasteiger partial charge on any atom is 0.141 e. The van der Waals surface area contributed by atoms with Gasteiger partial charge in [-0.2, -0.15) is 0 Å². The first kappa shape index (κ1) is 14.4. The van der Waals surface area contributed by atoms with E-state index in [-0.39, 0.29) is 5.54 Å². The van der Waals surface area contributed by atoms with Crippen LogP contribution in [0.25, 0.3) is 0 Å². The molecule has 0 aliphatic heterocycles. The monoisotopic (exact) mass is 266 g/mol. The molecule has 4 heteroatoms. The Balaban J connectivity index is 2.33. The van der Waals surface area contributed by atoms with Crippen LogP contribution in [0, 0.1) is 11.7 Å². The molecule has 2 rings (SSSR count). The van der Waals surface area contributed by atoms with Crippen LogP contribution in [0.4, 0.5) is 4.39 Å². The van der Waals surface area contributed by atoms with Gasteiger partial charge in [0.15, 0.2) is 0 Å². The van der Waals surface area contributed by atoms with E-state index in [9.17, 15) is 9.50 Å². The van der Waals surface area contributed by atoms with Crippen LogP contribution in [-0.4, -0.2) is 34.6 Å². The van der Waals surface area contributed by atoms with Crippen LogP contribution in [0.15, 0.2) is 18.5 Å². The van der Waals surface area contributed by atoms with Gasteiger partial charge in [0.2, 0.25) is 0 Å². The van der Waals surface area contributed by atoms with Crippen LogP contribution in [0.2, 0.25) is 0 Å². The van der Waals surface area contributed by atoms with Gasteiger partial charge in [-0.1, -0.05) is 19.8 Å². The lowest BCUT2D eigenvalue weighted by molar-refractivity contribution is -0.0453. The van der Waals surface area contributed by atoms with Crippen LogP contribution >= 0.6 is 0 Å². The molecular formula is C15H23FN2O. The molecule has 1 saturated carbocycles. The molecule has 1 N–H and O–H groups in total. The minimum atomic E-state index is -0.701. The predicted octanol–water partition coefficient (Wildman–Crippen LogP) is 2.76. The molecule has 1 aromatic heterocycles. The Bertz CT molecular complexity index is 438. The zero-order valence-electron chi connectivity index (χ0n) is 11.9. The van der Waals surface area contributed by atoms with Crippen molar-refractivity contribution in [3.8, 4) is 0 Å². The van der Waals surface area contributed by atoms with E-state index in [1.54, 1.807) is 6.20 Å². The second kappa shape index (κ2) is 5.55. The highest BCUT2D eigenvalue weighted by molar-refractivity contribution is 5.19. The van der Waals surface area contributed by atoms with Crippen molar-refractivity contribution in [2.24, 2.45) is 5.92 Å². The average Bonchev–Trinajstić information content (AvgIpc) is 2.37. The van der Waals surface area contributed by atoms with Crippen molar-refractivity contribution >= 4 is 0 Å². The normalized spacial score (nSPS) is 29.5. The smallest absolute Gasteiger partial charge is 0.141 e. The van der Waals surface area contributed by atoms with E-state index in [1.165, 1.54) is 18.7 Å². The molecule has 0 radical (unpaired) electrons. The molecule has 106 valence electrons. The summed E-state index contributed by atoms with van der Waals surface area (Å²) in [6, 6.07) is 1.39. The number of hydrogen-bond donors (Lipinski definition) is 1. The Morgan fingerprint density at radius 3 is 2.79 bits per heavy atom. The summed E-state index contributed by atoms with van der Waals surface area (Å²) in [4.78, 5) is 5.95. The van der Waals surface area contributed by atoms with Gasteiger partial charge in [0.05, 0.1) is 17.8 Å². The number of aromatic nitrogens is 1. The fourth-order valence-electron chi connectivity index (χ4n) is 3.35. The van der Waals surface area contributed by atoms with Crippen molar-refractivity contribution < 1.29 is 9.50 Å². The summed E-state index contributed by atoms with van der Waals surface area (Å²) in [5, 5.41) is 10.8. The first-order chi connectivity index (χ1) is 8.95. The quantitative estimate of drug-likeness (QED) is 0.914. The van der Waals surface area contributed by atoms with E-state index in [0.29, 0.717) is 11.5 Å². The largest absolute Gasteiger partial charge is 0.386 e. The van der Waals surface area contributed by atoms with Crippen LogP contribution in [0.1, 0.15) is 44.3 Å². The second-order valence-corrected chi connectivity index (χ2v) is 6.04. The molecule has 3 atom stereocenters. The number of aliphatic hydroxyl groups is 1. The lowest BCUT2D eigenvalue weighted by Gasteiger charge is -2.48. The van der Waals surface area contributed by atoms with E-state index < -0.39 is 11.9 Å². The Kier molecular flexibility index (Phi) is 4.21. The lowest BCUT2D eigenvalue weighted by atomic mass is 9.71. The zero-order chi connectivity index (χ0) is 14.0. The van der Waals surface area contributed by atoms with E-state index in [4.69, 9.17) is 0 Å². The van der Waals surface area contributed by atoms with E-state index in [2.05, 4.69) is 16.8 Å². The summed E-state index contributed by atoms with van der Waals surface area (Å²) < 4.78 is 13.3. The number of rotatable bonds is 3. The van der Waals surface area contributed by atoms with E-state index >= 15 is 0 Å². The van der Waals surface area contributed by atoms with Crippen molar-refractivity contribution in [2.75, 3.05) is 14.1 Å². The minimum Gasteiger partial charge on any atom is -0.386 e. The molecule has 3 nitrogen and oxygen atoms in total. The van der Waals surface area contributed by atoms with Gasteiger partial charge in [-0.3, -0.25) is 4.98 Å². The van der Waals surface area contributed by atoms with Gasteiger partial charge in [-0.15, -0.1) is 0 Å². The highest BCUT2D eigenvalue weighted by Crippen LogP contribution is 2.43. The Labute approximate surface area is 114 Å². The number of likely N-dealkylation sites (N-methyl/N-ethyl adjacent to an activating group) is 1. The van der Waals surface area contributed by atoms with Crippen molar-refractivity contribution in [1.29, 1.82) is 0 Å². The molecule has 19 heavy (non-hydrogen) atoms. The number of nitrogens with zero attached hydrogens (tertiary/aromatic N) is 2. The third kappa shape index (κ3) is 2.79. The summed E-state index contributed by atoms with van der Waals surface area (Å²) >= 11 is 0. The summed E-state index contributed by atoms with van der Waals surface area (Å²) in [7, 11) is 3.99. The minimum absolute atomic E-state index is 0.312. The van der Waals surface area contributed by atoms with Gasteiger partial charge in [-0.05, 0) is 38.9 Å². The number of halogens is 1. The molecule has 0 aromatic carbocycles. The molecule has 1 fully saturated rings. The molecular weight excluding hydrogens is 243 g/mol. The topological polar surface area (TPSA) is 36.4 Å². The van der Waals surface area contributed by atoms with Crippen molar-refractivity contribution in [2.45, 2.75) is 44.2 Å². The van der Waals surface area contributed by atoms with Gasteiger partial charge >= 0.3 is 0 Å². The van der Waals surface area contributed by atoms with E-state index in [0.717, 1.165) is 19.3 Å². The van der Waals surface area contributed by atoms with Gasteiger partial charge < -0.3 is 10.0 Å². The summed E-state index contributed by atoms with van der Waals surface area (Å²) in [5.41, 5.74) is 0.260. The predicted molar refractivity (Wildman–Crippen MR) is 73.2 cm³/mol. The zero-order valence-corrected chi connectivity index (χ0v) is 11.9. The molecule has 0 saturated heterocycles. The summed E-state index contributed by atoms with van der Waals surface area (Å²) in [5.74, 6) is 0.182. The first-order valence-corrected chi connectivity index (χ1v) is 6.91. The maximum absolute atomic E-state index is 13.3. The SMILES string of the molecule is CC1CCCC(C(O)c2cncc(F)c2)(N(C)C)C1. The first-order valence-electron chi connectivity index (χ1n) is 6.91. The fraction of sp³-hybridized carbons (Fsp3) is 0.667. The molecule has 0 spiro atoms. The second-order valence-electron chi connectivity index (χ2n) is 6.04. The average molecular weight is 266 g/mol. The van der Waals surface area contributed by atoms with Crippen molar-refractivity contribution in [3.63, 3.8) is 0 Å². The third-order valence-electron chi connectivity index (χ3n) is 4.45. The van der Waals surface area contributed by atoms with Crippen LogP contribution in [0.3, 0.4) is 0 Å². The molecule has 0 bridgehead atoms. The van der Waals surface area contributed by atoms with Crippen LogP contribution in [0.5, 0.6) is 0 Å². The summed E-state index contributed by atoms with van der Waals surface area (Å²) in [6.07, 6.45) is 6.19. The number of hydrogen-bond acceptors (Lipinski definition) is 3. The molecule has 3 unspecified atom stereocenters. The molecule has 1 aliphatic rings. The molecule has 1 aromatic rings. The lowest BCUT2D eigenvalue weighted by Crippen LogP contribution is -2.52. The molecule has 0 amide bonds. The summed E-state index contributed by atoms with van der Waals surface area (Å²) in [6.45, 7) is 2.22. The molecule has 1 heterocycles. The van der Waals surface area contributed by atoms with Crippen molar-refractivity contribution in [1.82, 2.24) is 9.88 Å². The van der Waals surface area contributed by atoms with Crippen LogP contribution < -0.4 is 0 Å². The number of aliphatic hydroxyl groups excluding tert-OH is 1. The number of pyridine rings is 1. The van der Waals surface area contributed by atoms with E-state index in [1.807, 2.05) is 14.1 Å². The van der Waals surface area contributed by atoms with Gasteiger partial charge in [-0.25, -0.2) is 4.39 Å². The highest BCUT2D eigenvalue weighted by Gasteiger charge is 2.43.